The lowest BCUT2D eigenvalue weighted by Crippen LogP contribution is -2.13. The van der Waals surface area contributed by atoms with Crippen LogP contribution in [0.1, 0.15) is 44.4 Å². The standard InChI is InChI=1S/C16H22N2O/c1-12-18-15-10-14(8-9-16(15)19-12)17-11-13-6-4-2-3-5-7-13/h8-10,13,17H,2-7,11H2,1H3. The van der Waals surface area contributed by atoms with Gasteiger partial charge < -0.3 is 9.73 Å². The minimum absolute atomic E-state index is 0.732. The topological polar surface area (TPSA) is 38.1 Å². The lowest BCUT2D eigenvalue weighted by Gasteiger charge is -2.15. The van der Waals surface area contributed by atoms with Gasteiger partial charge in [0.05, 0.1) is 0 Å². The zero-order valence-corrected chi connectivity index (χ0v) is 11.6. The van der Waals surface area contributed by atoms with E-state index in [2.05, 4.69) is 22.4 Å². The van der Waals surface area contributed by atoms with E-state index in [1.165, 1.54) is 38.5 Å². The van der Waals surface area contributed by atoms with Gasteiger partial charge in [-0.2, -0.15) is 0 Å². The van der Waals surface area contributed by atoms with Gasteiger partial charge in [0, 0.05) is 19.2 Å². The second-order valence-electron chi connectivity index (χ2n) is 5.65. The van der Waals surface area contributed by atoms with E-state index in [1.54, 1.807) is 0 Å². The number of aromatic nitrogens is 1. The van der Waals surface area contributed by atoms with Gasteiger partial charge in [0.2, 0.25) is 0 Å². The Hall–Kier alpha value is -1.51. The normalized spacial score (nSPS) is 17.5. The van der Waals surface area contributed by atoms with E-state index in [0.29, 0.717) is 0 Å². The van der Waals surface area contributed by atoms with Crippen LogP contribution in [0.2, 0.25) is 0 Å². The molecule has 0 bridgehead atoms. The zero-order valence-electron chi connectivity index (χ0n) is 11.6. The molecule has 1 fully saturated rings. The maximum Gasteiger partial charge on any atom is 0.192 e. The summed E-state index contributed by atoms with van der Waals surface area (Å²) in [5.74, 6) is 1.56. The number of nitrogens with zero attached hydrogens (tertiary/aromatic N) is 1. The third kappa shape index (κ3) is 3.09. The highest BCUT2D eigenvalue weighted by Gasteiger charge is 2.12. The number of hydrogen-bond acceptors (Lipinski definition) is 3. The molecule has 1 aliphatic carbocycles. The second kappa shape index (κ2) is 5.64. The second-order valence-corrected chi connectivity index (χ2v) is 5.65. The summed E-state index contributed by atoms with van der Waals surface area (Å²) < 4.78 is 5.49. The highest BCUT2D eigenvalue weighted by Crippen LogP contribution is 2.24. The van der Waals surface area contributed by atoms with Crippen LogP contribution in [-0.4, -0.2) is 11.5 Å². The molecule has 0 unspecified atom stereocenters. The molecule has 0 amide bonds. The van der Waals surface area contributed by atoms with Gasteiger partial charge in [0.15, 0.2) is 11.5 Å². The molecular weight excluding hydrogens is 236 g/mol. The Morgan fingerprint density at radius 3 is 2.79 bits per heavy atom. The Morgan fingerprint density at radius 1 is 1.21 bits per heavy atom. The van der Waals surface area contributed by atoms with Crippen LogP contribution in [0, 0.1) is 12.8 Å². The highest BCUT2D eigenvalue weighted by atomic mass is 16.3. The van der Waals surface area contributed by atoms with Crippen molar-refractivity contribution in [3.63, 3.8) is 0 Å². The lowest BCUT2D eigenvalue weighted by atomic mass is 10.0. The number of nitrogens with one attached hydrogen (secondary N) is 1. The molecule has 102 valence electrons. The summed E-state index contributed by atoms with van der Waals surface area (Å²) in [5, 5.41) is 3.56. The molecule has 1 N–H and O–H groups in total. The number of benzene rings is 1. The Labute approximate surface area is 114 Å². The molecule has 19 heavy (non-hydrogen) atoms. The monoisotopic (exact) mass is 258 g/mol. The maximum atomic E-state index is 5.49. The Kier molecular flexibility index (Phi) is 3.72. The predicted octanol–water partition coefficient (Wildman–Crippen LogP) is 4.52. The number of aryl methyl sites for hydroxylation is 1. The first-order valence-corrected chi connectivity index (χ1v) is 7.42. The fraction of sp³-hybridized carbons (Fsp3) is 0.562. The number of hydrogen-bond donors (Lipinski definition) is 1. The molecule has 1 heterocycles. The summed E-state index contributed by atoms with van der Waals surface area (Å²) in [4.78, 5) is 4.38. The predicted molar refractivity (Wildman–Crippen MR) is 78.4 cm³/mol. The molecule has 0 spiro atoms. The fourth-order valence-electron chi connectivity index (χ4n) is 2.98. The van der Waals surface area contributed by atoms with Crippen molar-refractivity contribution in [1.82, 2.24) is 4.98 Å². The van der Waals surface area contributed by atoms with E-state index < -0.39 is 0 Å². The molecule has 0 saturated heterocycles. The van der Waals surface area contributed by atoms with Crippen LogP contribution in [-0.2, 0) is 0 Å². The van der Waals surface area contributed by atoms with Crippen LogP contribution < -0.4 is 5.32 Å². The summed E-state index contributed by atoms with van der Waals surface area (Å²) in [7, 11) is 0. The molecule has 1 aromatic heterocycles. The molecular formula is C16H22N2O. The number of fused-ring (bicyclic) bond motifs is 1. The van der Waals surface area contributed by atoms with Gasteiger partial charge in [0.25, 0.3) is 0 Å². The molecule has 3 heteroatoms. The van der Waals surface area contributed by atoms with Gasteiger partial charge in [-0.1, -0.05) is 25.7 Å². The van der Waals surface area contributed by atoms with E-state index in [9.17, 15) is 0 Å². The summed E-state index contributed by atoms with van der Waals surface area (Å²) in [5.41, 5.74) is 2.98. The quantitative estimate of drug-likeness (QED) is 0.823. The van der Waals surface area contributed by atoms with E-state index >= 15 is 0 Å². The maximum absolute atomic E-state index is 5.49. The van der Waals surface area contributed by atoms with Crippen molar-refractivity contribution in [3.05, 3.63) is 24.1 Å². The first kappa shape index (κ1) is 12.5. The van der Waals surface area contributed by atoms with Gasteiger partial charge in [-0.25, -0.2) is 4.98 Å². The number of oxazole rings is 1. The van der Waals surface area contributed by atoms with E-state index in [1.807, 2.05) is 13.0 Å². The molecule has 0 atom stereocenters. The molecule has 0 radical (unpaired) electrons. The van der Waals surface area contributed by atoms with E-state index in [-0.39, 0.29) is 0 Å². The van der Waals surface area contributed by atoms with Crippen molar-refractivity contribution in [2.45, 2.75) is 45.4 Å². The van der Waals surface area contributed by atoms with Crippen molar-refractivity contribution in [2.75, 3.05) is 11.9 Å². The summed E-state index contributed by atoms with van der Waals surface area (Å²) in [6.45, 7) is 2.97. The van der Waals surface area contributed by atoms with E-state index in [0.717, 1.165) is 35.1 Å². The average molecular weight is 258 g/mol. The summed E-state index contributed by atoms with van der Waals surface area (Å²) >= 11 is 0. The first-order chi connectivity index (χ1) is 9.31. The Morgan fingerprint density at radius 2 is 2.00 bits per heavy atom. The molecule has 1 saturated carbocycles. The third-order valence-corrected chi connectivity index (χ3v) is 4.06. The van der Waals surface area contributed by atoms with Gasteiger partial charge in [-0.3, -0.25) is 0 Å². The van der Waals surface area contributed by atoms with Crippen LogP contribution in [0.4, 0.5) is 5.69 Å². The lowest BCUT2D eigenvalue weighted by molar-refractivity contribution is 0.483. The van der Waals surface area contributed by atoms with Crippen molar-refractivity contribution < 1.29 is 4.42 Å². The van der Waals surface area contributed by atoms with Crippen molar-refractivity contribution in [2.24, 2.45) is 5.92 Å². The highest BCUT2D eigenvalue weighted by molar-refractivity contribution is 5.77. The molecule has 0 aliphatic heterocycles. The number of rotatable bonds is 3. The first-order valence-electron chi connectivity index (χ1n) is 7.42. The molecule has 1 aromatic carbocycles. The zero-order chi connectivity index (χ0) is 13.1. The molecule has 3 rings (SSSR count). The largest absolute Gasteiger partial charge is 0.441 e. The Bertz CT molecular complexity index is 539. The minimum atomic E-state index is 0.732. The molecule has 3 nitrogen and oxygen atoms in total. The third-order valence-electron chi connectivity index (χ3n) is 4.06. The minimum Gasteiger partial charge on any atom is -0.441 e. The molecule has 2 aromatic rings. The van der Waals surface area contributed by atoms with Crippen LogP contribution >= 0.6 is 0 Å². The summed E-state index contributed by atoms with van der Waals surface area (Å²) in [6.07, 6.45) is 8.37. The van der Waals surface area contributed by atoms with Crippen LogP contribution in [0.25, 0.3) is 11.1 Å². The van der Waals surface area contributed by atoms with Crippen molar-refractivity contribution >= 4 is 16.8 Å². The van der Waals surface area contributed by atoms with Crippen LogP contribution in [0.3, 0.4) is 0 Å². The van der Waals surface area contributed by atoms with Crippen LogP contribution in [0.5, 0.6) is 0 Å². The van der Waals surface area contributed by atoms with Gasteiger partial charge >= 0.3 is 0 Å². The van der Waals surface area contributed by atoms with E-state index in [4.69, 9.17) is 4.42 Å². The smallest absolute Gasteiger partial charge is 0.192 e. The van der Waals surface area contributed by atoms with Gasteiger partial charge in [-0.15, -0.1) is 0 Å². The average Bonchev–Trinajstić information content (AvgIpc) is 2.62. The van der Waals surface area contributed by atoms with Crippen molar-refractivity contribution in [3.8, 4) is 0 Å². The van der Waals surface area contributed by atoms with Crippen molar-refractivity contribution in [1.29, 1.82) is 0 Å². The van der Waals surface area contributed by atoms with Gasteiger partial charge in [0.1, 0.15) is 5.52 Å². The summed E-state index contributed by atoms with van der Waals surface area (Å²) in [6, 6.07) is 6.18. The number of anilines is 1. The van der Waals surface area contributed by atoms with Gasteiger partial charge in [-0.05, 0) is 37.0 Å². The van der Waals surface area contributed by atoms with Crippen LogP contribution in [0.15, 0.2) is 22.6 Å². The molecule has 1 aliphatic rings. The SMILES string of the molecule is Cc1nc2cc(NCC3CCCCCC3)ccc2o1. The Balaban J connectivity index is 1.64. The fourth-order valence-corrected chi connectivity index (χ4v) is 2.98.